The molecule has 21 heavy (non-hydrogen) atoms. The van der Waals surface area contributed by atoms with Crippen LogP contribution in [0.5, 0.6) is 0 Å². The first-order valence-electron chi connectivity index (χ1n) is 8.75. The highest BCUT2D eigenvalue weighted by Crippen LogP contribution is 2.18. The Morgan fingerprint density at radius 2 is 1.43 bits per heavy atom. The Morgan fingerprint density at radius 1 is 0.857 bits per heavy atom. The van der Waals surface area contributed by atoms with Crippen LogP contribution >= 0.6 is 0 Å². The van der Waals surface area contributed by atoms with Crippen molar-refractivity contribution >= 4 is 5.97 Å². The average Bonchev–Trinajstić information content (AvgIpc) is 2.42. The van der Waals surface area contributed by atoms with E-state index in [1.807, 2.05) is 0 Å². The fraction of sp³-hybridized carbons (Fsp3) is 0.944. The van der Waals surface area contributed by atoms with Crippen molar-refractivity contribution in [3.05, 3.63) is 0 Å². The van der Waals surface area contributed by atoms with Gasteiger partial charge in [-0.15, -0.1) is 0 Å². The number of carbonyl (C=O) groups is 1. The molecular formula is C18H36O3. The second-order valence-electron chi connectivity index (χ2n) is 6.53. The Balaban J connectivity index is 3.38. The van der Waals surface area contributed by atoms with Gasteiger partial charge in [0.15, 0.2) is 0 Å². The molecule has 0 aliphatic rings. The van der Waals surface area contributed by atoms with Crippen molar-refractivity contribution in [2.45, 2.75) is 97.5 Å². The third-order valence-electron chi connectivity index (χ3n) is 3.72. The molecule has 0 aromatic rings. The fourth-order valence-corrected chi connectivity index (χ4v) is 2.37. The molecule has 0 fully saturated rings. The molecule has 0 unspecified atom stereocenters. The quantitative estimate of drug-likeness (QED) is 0.324. The van der Waals surface area contributed by atoms with Gasteiger partial charge < -0.3 is 9.47 Å². The van der Waals surface area contributed by atoms with E-state index in [-0.39, 0.29) is 11.6 Å². The third-order valence-corrected chi connectivity index (χ3v) is 3.72. The smallest absolute Gasteiger partial charge is 0.302 e. The summed E-state index contributed by atoms with van der Waals surface area (Å²) in [5.74, 6) is -0.201. The van der Waals surface area contributed by atoms with Gasteiger partial charge in [0.2, 0.25) is 0 Å². The van der Waals surface area contributed by atoms with Crippen LogP contribution in [-0.2, 0) is 14.3 Å². The highest BCUT2D eigenvalue weighted by molar-refractivity contribution is 5.65. The van der Waals surface area contributed by atoms with E-state index in [9.17, 15) is 4.79 Å². The van der Waals surface area contributed by atoms with Crippen LogP contribution in [-0.4, -0.2) is 24.8 Å². The first kappa shape index (κ1) is 20.4. The molecule has 0 bridgehead atoms. The summed E-state index contributed by atoms with van der Waals surface area (Å²) >= 11 is 0. The molecule has 0 saturated carbocycles. The van der Waals surface area contributed by atoms with Gasteiger partial charge in [-0.05, 0) is 33.1 Å². The van der Waals surface area contributed by atoms with Gasteiger partial charge in [0, 0.05) is 13.5 Å². The molecule has 0 atom stereocenters. The zero-order valence-electron chi connectivity index (χ0n) is 14.7. The van der Waals surface area contributed by atoms with Crippen molar-refractivity contribution in [1.29, 1.82) is 0 Å². The zero-order valence-corrected chi connectivity index (χ0v) is 14.7. The number of esters is 1. The van der Waals surface area contributed by atoms with Crippen molar-refractivity contribution in [3.8, 4) is 0 Å². The molecule has 0 aromatic carbocycles. The molecule has 0 aliphatic carbocycles. The zero-order chi connectivity index (χ0) is 16.0. The van der Waals surface area contributed by atoms with Gasteiger partial charge in [-0.25, -0.2) is 0 Å². The summed E-state index contributed by atoms with van der Waals surface area (Å²) in [6.45, 7) is 9.28. The van der Waals surface area contributed by atoms with Gasteiger partial charge in [-0.2, -0.15) is 0 Å². The number of ether oxygens (including phenoxy) is 2. The predicted molar refractivity (Wildman–Crippen MR) is 88.5 cm³/mol. The molecule has 0 amide bonds. The lowest BCUT2D eigenvalue weighted by atomic mass is 10.0. The maximum Gasteiger partial charge on any atom is 0.302 e. The fourth-order valence-electron chi connectivity index (χ4n) is 2.37. The molecule has 0 radical (unpaired) electrons. The van der Waals surface area contributed by atoms with E-state index in [0.29, 0.717) is 6.61 Å². The highest BCUT2D eigenvalue weighted by atomic mass is 16.5. The first-order valence-corrected chi connectivity index (χ1v) is 8.75. The van der Waals surface area contributed by atoms with E-state index in [1.54, 1.807) is 0 Å². The van der Waals surface area contributed by atoms with Crippen LogP contribution in [0.2, 0.25) is 0 Å². The van der Waals surface area contributed by atoms with Crippen molar-refractivity contribution in [3.63, 3.8) is 0 Å². The standard InChI is InChI=1S/C18H36O3/c1-5-6-7-8-9-10-11-12-16-21-18(3,4)14-13-15-20-17(2)19/h5-16H2,1-4H3. The van der Waals surface area contributed by atoms with Crippen LogP contribution in [0.1, 0.15) is 91.9 Å². The van der Waals surface area contributed by atoms with Gasteiger partial charge in [0.1, 0.15) is 0 Å². The third kappa shape index (κ3) is 15.6. The van der Waals surface area contributed by atoms with E-state index in [4.69, 9.17) is 9.47 Å². The number of hydrogen-bond acceptors (Lipinski definition) is 3. The van der Waals surface area contributed by atoms with Gasteiger partial charge in [0.05, 0.1) is 12.2 Å². The normalized spacial score (nSPS) is 11.6. The second kappa shape index (κ2) is 13.1. The Labute approximate surface area is 131 Å². The SMILES string of the molecule is CCCCCCCCCCOC(C)(C)CCCOC(C)=O. The molecule has 126 valence electrons. The van der Waals surface area contributed by atoms with Crippen molar-refractivity contribution in [2.24, 2.45) is 0 Å². The van der Waals surface area contributed by atoms with Crippen LogP contribution in [0, 0.1) is 0 Å². The molecule has 0 N–H and O–H groups in total. The Hall–Kier alpha value is -0.570. The van der Waals surface area contributed by atoms with E-state index in [2.05, 4.69) is 20.8 Å². The summed E-state index contributed by atoms with van der Waals surface area (Å²) in [5.41, 5.74) is -0.110. The Bertz CT molecular complexity index is 249. The number of hydrogen-bond donors (Lipinski definition) is 0. The summed E-state index contributed by atoms with van der Waals surface area (Å²) in [6.07, 6.45) is 12.4. The molecule has 0 spiro atoms. The Kier molecular flexibility index (Phi) is 12.8. The molecule has 3 heteroatoms. The van der Waals surface area contributed by atoms with E-state index in [1.165, 1.54) is 51.9 Å². The summed E-state index contributed by atoms with van der Waals surface area (Å²) in [7, 11) is 0. The molecule has 0 aromatic heterocycles. The minimum Gasteiger partial charge on any atom is -0.466 e. The lowest BCUT2D eigenvalue weighted by Crippen LogP contribution is -2.25. The minimum atomic E-state index is -0.201. The molecule has 0 saturated heterocycles. The number of unbranched alkanes of at least 4 members (excludes halogenated alkanes) is 7. The van der Waals surface area contributed by atoms with Gasteiger partial charge >= 0.3 is 5.97 Å². The minimum absolute atomic E-state index is 0.110. The van der Waals surface area contributed by atoms with Crippen molar-refractivity contribution in [2.75, 3.05) is 13.2 Å². The lowest BCUT2D eigenvalue weighted by molar-refractivity contribution is -0.141. The lowest BCUT2D eigenvalue weighted by Gasteiger charge is -2.25. The summed E-state index contributed by atoms with van der Waals surface area (Å²) in [6, 6.07) is 0. The van der Waals surface area contributed by atoms with Crippen LogP contribution in [0.25, 0.3) is 0 Å². The monoisotopic (exact) mass is 300 g/mol. The molecule has 0 heterocycles. The van der Waals surface area contributed by atoms with Gasteiger partial charge in [0.25, 0.3) is 0 Å². The Morgan fingerprint density at radius 3 is 2.00 bits per heavy atom. The molecule has 3 nitrogen and oxygen atoms in total. The molecular weight excluding hydrogens is 264 g/mol. The van der Waals surface area contributed by atoms with Crippen LogP contribution in [0.4, 0.5) is 0 Å². The first-order chi connectivity index (χ1) is 9.98. The molecule has 0 aliphatic heterocycles. The topological polar surface area (TPSA) is 35.5 Å². The largest absolute Gasteiger partial charge is 0.466 e. The average molecular weight is 300 g/mol. The van der Waals surface area contributed by atoms with Crippen LogP contribution in [0.15, 0.2) is 0 Å². The second-order valence-corrected chi connectivity index (χ2v) is 6.53. The maximum absolute atomic E-state index is 10.7. The van der Waals surface area contributed by atoms with Gasteiger partial charge in [-0.1, -0.05) is 51.9 Å². The van der Waals surface area contributed by atoms with Crippen molar-refractivity contribution < 1.29 is 14.3 Å². The summed E-state index contributed by atoms with van der Waals surface area (Å²) in [4.78, 5) is 10.7. The highest BCUT2D eigenvalue weighted by Gasteiger charge is 2.17. The maximum atomic E-state index is 10.7. The summed E-state index contributed by atoms with van der Waals surface area (Å²) < 4.78 is 10.9. The summed E-state index contributed by atoms with van der Waals surface area (Å²) in [5, 5.41) is 0. The van der Waals surface area contributed by atoms with E-state index >= 15 is 0 Å². The predicted octanol–water partition coefficient (Wildman–Crippen LogP) is 5.27. The molecule has 0 rings (SSSR count). The van der Waals surface area contributed by atoms with E-state index in [0.717, 1.165) is 25.9 Å². The van der Waals surface area contributed by atoms with E-state index < -0.39 is 0 Å². The number of carbonyl (C=O) groups excluding carboxylic acids is 1. The van der Waals surface area contributed by atoms with Crippen molar-refractivity contribution in [1.82, 2.24) is 0 Å². The van der Waals surface area contributed by atoms with Gasteiger partial charge in [-0.3, -0.25) is 4.79 Å². The van der Waals surface area contributed by atoms with Crippen LogP contribution in [0.3, 0.4) is 0 Å². The van der Waals surface area contributed by atoms with Crippen LogP contribution < -0.4 is 0 Å². The number of rotatable bonds is 14.